The summed E-state index contributed by atoms with van der Waals surface area (Å²) in [5, 5.41) is 0.504. The molecule has 0 heterocycles. The highest BCUT2D eigenvalue weighted by atomic mass is 79.9. The molecular formula is C13H10BrCl2NO2S. The van der Waals surface area contributed by atoms with Gasteiger partial charge in [-0.25, -0.2) is 8.42 Å². The molecule has 0 saturated heterocycles. The van der Waals surface area contributed by atoms with E-state index in [0.29, 0.717) is 10.7 Å². The van der Waals surface area contributed by atoms with Crippen LogP contribution in [0.4, 0.5) is 5.69 Å². The van der Waals surface area contributed by atoms with Gasteiger partial charge in [-0.3, -0.25) is 4.72 Å². The summed E-state index contributed by atoms with van der Waals surface area (Å²) >= 11 is 14.9. The van der Waals surface area contributed by atoms with Crippen molar-refractivity contribution >= 4 is 54.8 Å². The van der Waals surface area contributed by atoms with Gasteiger partial charge >= 0.3 is 0 Å². The van der Waals surface area contributed by atoms with Crippen LogP contribution in [0.5, 0.6) is 0 Å². The van der Waals surface area contributed by atoms with Crippen LogP contribution in [0.1, 0.15) is 5.56 Å². The molecule has 0 radical (unpaired) electrons. The molecule has 0 aromatic heterocycles. The van der Waals surface area contributed by atoms with Crippen LogP contribution in [-0.2, 0) is 10.0 Å². The highest BCUT2D eigenvalue weighted by Crippen LogP contribution is 2.27. The molecule has 2 aromatic rings. The van der Waals surface area contributed by atoms with Gasteiger partial charge in [0.2, 0.25) is 0 Å². The van der Waals surface area contributed by atoms with E-state index in [2.05, 4.69) is 20.7 Å². The zero-order chi connectivity index (χ0) is 14.9. The summed E-state index contributed by atoms with van der Waals surface area (Å²) in [5.41, 5.74) is 1.41. The standard InChI is InChI=1S/C13H10BrCl2NO2S/c1-8-4-9(14)6-10(5-8)17-20(18,19)11-2-3-12(15)13(16)7-11/h2-7,17H,1H3. The van der Waals surface area contributed by atoms with Crippen LogP contribution in [0.2, 0.25) is 10.0 Å². The van der Waals surface area contributed by atoms with E-state index >= 15 is 0 Å². The lowest BCUT2D eigenvalue weighted by Crippen LogP contribution is -2.13. The van der Waals surface area contributed by atoms with Gasteiger partial charge in [0.15, 0.2) is 0 Å². The summed E-state index contributed by atoms with van der Waals surface area (Å²) < 4.78 is 27.8. The summed E-state index contributed by atoms with van der Waals surface area (Å²) in [6.07, 6.45) is 0. The second-order valence-electron chi connectivity index (χ2n) is 4.20. The van der Waals surface area contributed by atoms with E-state index in [1.165, 1.54) is 18.2 Å². The predicted molar refractivity (Wildman–Crippen MR) is 86.1 cm³/mol. The Balaban J connectivity index is 2.37. The van der Waals surface area contributed by atoms with Gasteiger partial charge < -0.3 is 0 Å². The smallest absolute Gasteiger partial charge is 0.261 e. The molecule has 106 valence electrons. The number of benzene rings is 2. The number of hydrogen-bond donors (Lipinski definition) is 1. The molecule has 0 atom stereocenters. The number of hydrogen-bond acceptors (Lipinski definition) is 2. The molecule has 3 nitrogen and oxygen atoms in total. The van der Waals surface area contributed by atoms with Crippen molar-refractivity contribution < 1.29 is 8.42 Å². The summed E-state index contributed by atoms with van der Waals surface area (Å²) in [7, 11) is -3.70. The Hall–Kier alpha value is -0.750. The van der Waals surface area contributed by atoms with E-state index in [1.807, 2.05) is 13.0 Å². The van der Waals surface area contributed by atoms with E-state index in [1.54, 1.807) is 12.1 Å². The lowest BCUT2D eigenvalue weighted by Gasteiger charge is -2.10. The SMILES string of the molecule is Cc1cc(Br)cc(NS(=O)(=O)c2ccc(Cl)c(Cl)c2)c1. The predicted octanol–water partition coefficient (Wildman–Crippen LogP) is 4.87. The zero-order valence-electron chi connectivity index (χ0n) is 10.3. The number of aryl methyl sites for hydroxylation is 1. The van der Waals surface area contributed by atoms with Crippen molar-refractivity contribution in [3.63, 3.8) is 0 Å². The number of rotatable bonds is 3. The Morgan fingerprint density at radius 2 is 1.75 bits per heavy atom. The van der Waals surface area contributed by atoms with Crippen LogP contribution >= 0.6 is 39.1 Å². The highest BCUT2D eigenvalue weighted by molar-refractivity contribution is 9.10. The topological polar surface area (TPSA) is 46.2 Å². The van der Waals surface area contributed by atoms with E-state index in [0.717, 1.165) is 10.0 Å². The molecule has 0 fully saturated rings. The molecule has 0 unspecified atom stereocenters. The van der Waals surface area contributed by atoms with Crippen molar-refractivity contribution in [3.8, 4) is 0 Å². The summed E-state index contributed by atoms with van der Waals surface area (Å²) in [5.74, 6) is 0. The van der Waals surface area contributed by atoms with Gasteiger partial charge in [0.05, 0.1) is 20.6 Å². The first-order chi connectivity index (χ1) is 9.28. The molecule has 2 rings (SSSR count). The molecule has 0 aliphatic rings. The number of sulfonamides is 1. The van der Waals surface area contributed by atoms with Gasteiger partial charge in [-0.05, 0) is 48.9 Å². The van der Waals surface area contributed by atoms with Crippen LogP contribution in [0, 0.1) is 6.92 Å². The molecule has 0 saturated carbocycles. The minimum absolute atomic E-state index is 0.0597. The third-order valence-corrected chi connectivity index (χ3v) is 5.07. The fraction of sp³-hybridized carbons (Fsp3) is 0.0769. The van der Waals surface area contributed by atoms with Crippen LogP contribution in [0.25, 0.3) is 0 Å². The second-order valence-corrected chi connectivity index (χ2v) is 7.61. The normalized spacial score (nSPS) is 11.4. The van der Waals surface area contributed by atoms with Crippen molar-refractivity contribution in [2.75, 3.05) is 4.72 Å². The lowest BCUT2D eigenvalue weighted by molar-refractivity contribution is 0.601. The molecule has 20 heavy (non-hydrogen) atoms. The van der Waals surface area contributed by atoms with Gasteiger partial charge in [0.25, 0.3) is 10.0 Å². The van der Waals surface area contributed by atoms with Crippen molar-refractivity contribution in [1.29, 1.82) is 0 Å². The monoisotopic (exact) mass is 393 g/mol. The quantitative estimate of drug-likeness (QED) is 0.807. The molecule has 0 amide bonds. The molecule has 1 N–H and O–H groups in total. The third kappa shape index (κ3) is 3.67. The van der Waals surface area contributed by atoms with Crippen LogP contribution < -0.4 is 4.72 Å². The fourth-order valence-corrected chi connectivity index (χ4v) is 3.69. The average molecular weight is 395 g/mol. The van der Waals surface area contributed by atoms with Gasteiger partial charge in [-0.1, -0.05) is 39.1 Å². The molecule has 0 aliphatic heterocycles. The minimum atomic E-state index is -3.70. The van der Waals surface area contributed by atoms with Gasteiger partial charge in [0, 0.05) is 4.47 Å². The summed E-state index contributed by atoms with van der Waals surface area (Å²) in [6, 6.07) is 9.47. The molecule has 0 bridgehead atoms. The average Bonchev–Trinajstić information content (AvgIpc) is 2.30. The van der Waals surface area contributed by atoms with E-state index in [-0.39, 0.29) is 9.92 Å². The summed E-state index contributed by atoms with van der Waals surface area (Å²) in [4.78, 5) is 0.0597. The first-order valence-corrected chi connectivity index (χ1v) is 8.56. The van der Waals surface area contributed by atoms with Gasteiger partial charge in [-0.15, -0.1) is 0 Å². The molecule has 0 spiro atoms. The Morgan fingerprint density at radius 3 is 2.35 bits per heavy atom. The lowest BCUT2D eigenvalue weighted by atomic mass is 10.2. The Bertz CT molecular complexity index is 743. The van der Waals surface area contributed by atoms with Crippen molar-refractivity contribution in [2.24, 2.45) is 0 Å². The fourth-order valence-electron chi connectivity index (χ4n) is 1.65. The maximum atomic E-state index is 12.3. The van der Waals surface area contributed by atoms with Gasteiger partial charge in [0.1, 0.15) is 0 Å². The van der Waals surface area contributed by atoms with E-state index in [4.69, 9.17) is 23.2 Å². The zero-order valence-corrected chi connectivity index (χ0v) is 14.2. The van der Waals surface area contributed by atoms with Crippen molar-refractivity contribution in [3.05, 3.63) is 56.5 Å². The van der Waals surface area contributed by atoms with Crippen LogP contribution in [-0.4, -0.2) is 8.42 Å². The minimum Gasteiger partial charge on any atom is -0.280 e. The van der Waals surface area contributed by atoms with Crippen LogP contribution in [0.3, 0.4) is 0 Å². The number of nitrogens with one attached hydrogen (secondary N) is 1. The number of halogens is 3. The Morgan fingerprint density at radius 1 is 1.05 bits per heavy atom. The molecule has 2 aromatic carbocycles. The first-order valence-electron chi connectivity index (χ1n) is 5.53. The van der Waals surface area contributed by atoms with Gasteiger partial charge in [-0.2, -0.15) is 0 Å². The Kier molecular flexibility index (Phi) is 4.64. The largest absolute Gasteiger partial charge is 0.280 e. The maximum absolute atomic E-state index is 12.3. The molecular weight excluding hydrogens is 385 g/mol. The molecule has 0 aliphatic carbocycles. The number of anilines is 1. The van der Waals surface area contributed by atoms with Crippen molar-refractivity contribution in [2.45, 2.75) is 11.8 Å². The Labute approximate surface area is 136 Å². The first kappa shape index (κ1) is 15.6. The van der Waals surface area contributed by atoms with E-state index < -0.39 is 10.0 Å². The third-order valence-electron chi connectivity index (χ3n) is 2.50. The summed E-state index contributed by atoms with van der Waals surface area (Å²) in [6.45, 7) is 1.88. The molecule has 7 heteroatoms. The van der Waals surface area contributed by atoms with E-state index in [9.17, 15) is 8.42 Å². The second kappa shape index (κ2) is 5.93. The van der Waals surface area contributed by atoms with Crippen LogP contribution in [0.15, 0.2) is 45.8 Å². The van der Waals surface area contributed by atoms with Crippen molar-refractivity contribution in [1.82, 2.24) is 0 Å². The highest BCUT2D eigenvalue weighted by Gasteiger charge is 2.16. The maximum Gasteiger partial charge on any atom is 0.261 e.